The molecule has 0 radical (unpaired) electrons. The van der Waals surface area contributed by atoms with Crippen LogP contribution >= 0.6 is 18.5 Å². The molecule has 1 aliphatic rings. The Morgan fingerprint density at radius 2 is 2.00 bits per heavy atom. The molecule has 0 aromatic rings. The van der Waals surface area contributed by atoms with Crippen molar-refractivity contribution in [1.82, 2.24) is 0 Å². The molecule has 0 aromatic carbocycles. The molecule has 0 spiro atoms. The van der Waals surface area contributed by atoms with Crippen molar-refractivity contribution < 1.29 is 13.9 Å². The molecule has 0 saturated carbocycles. The van der Waals surface area contributed by atoms with Gasteiger partial charge < -0.3 is 0 Å². The van der Waals surface area contributed by atoms with E-state index in [4.69, 9.17) is 25.2 Å². The topological polar surface area (TPSA) is 38.7 Å². The molecule has 0 amide bonds. The van der Waals surface area contributed by atoms with Gasteiger partial charge in [0.2, 0.25) is 0 Å². The van der Waals surface area contributed by atoms with Crippen LogP contribution in [-0.2, 0) is 9.05 Å². The zero-order chi connectivity index (χ0) is 8.54. The minimum absolute atomic E-state index is 0.0219. The first-order valence-corrected chi connectivity index (χ1v) is 6.44. The Morgan fingerprint density at radius 3 is 2.36 bits per heavy atom. The van der Waals surface area contributed by atoms with Gasteiger partial charge in [-0.15, -0.1) is 0 Å². The van der Waals surface area contributed by atoms with Gasteiger partial charge in [0, 0.05) is 0 Å². The molecule has 1 N–H and O–H groups in total. The maximum atomic E-state index is 9.16. The Balaban J connectivity index is 2.48. The third-order valence-corrected chi connectivity index (χ3v) is 3.71. The summed E-state index contributed by atoms with van der Waals surface area (Å²) < 4.78 is 10.0. The monoisotopic (exact) mass is 200 g/mol. The van der Waals surface area contributed by atoms with E-state index in [1.54, 1.807) is 0 Å². The van der Waals surface area contributed by atoms with Gasteiger partial charge >= 0.3 is 71.4 Å². The van der Waals surface area contributed by atoms with E-state index in [-0.39, 0.29) is 5.41 Å². The second-order valence-corrected chi connectivity index (χ2v) is 6.27. The average Bonchev–Trinajstić information content (AvgIpc) is 1.97. The van der Waals surface area contributed by atoms with Crippen molar-refractivity contribution in [1.29, 1.82) is 0 Å². The Kier molecular flexibility index (Phi) is 2.78. The van der Waals surface area contributed by atoms with E-state index in [9.17, 15) is 0 Å². The number of halogens is 1. The second-order valence-electron chi connectivity index (χ2n) is 3.25. The summed E-state index contributed by atoms with van der Waals surface area (Å²) in [5, 5.41) is 0. The molecule has 1 fully saturated rings. The molecular weight excluding hydrogens is 186 g/mol. The van der Waals surface area contributed by atoms with Gasteiger partial charge in [0.15, 0.2) is 0 Å². The molecule has 0 unspecified atom stereocenters. The molecule has 1 saturated heterocycles. The summed E-state index contributed by atoms with van der Waals surface area (Å²) in [5.41, 5.74) is 0.0219. The molecular formula is C6H14ClO3P. The van der Waals surface area contributed by atoms with Crippen LogP contribution in [0.25, 0.3) is 0 Å². The summed E-state index contributed by atoms with van der Waals surface area (Å²) in [4.78, 5) is 9.16. The quantitative estimate of drug-likeness (QED) is 0.659. The van der Waals surface area contributed by atoms with Crippen LogP contribution in [0, 0.1) is 5.41 Å². The zero-order valence-electron chi connectivity index (χ0n) is 6.76. The van der Waals surface area contributed by atoms with Gasteiger partial charge in [-0.1, -0.05) is 0 Å². The van der Waals surface area contributed by atoms with Crippen LogP contribution in [0.2, 0.25) is 0 Å². The molecule has 0 atom stereocenters. The van der Waals surface area contributed by atoms with Crippen molar-refractivity contribution in [2.75, 3.05) is 13.2 Å². The van der Waals surface area contributed by atoms with E-state index in [2.05, 4.69) is 6.92 Å². The van der Waals surface area contributed by atoms with Crippen LogP contribution in [0.1, 0.15) is 20.3 Å². The van der Waals surface area contributed by atoms with Crippen molar-refractivity contribution in [2.45, 2.75) is 20.3 Å². The third-order valence-electron chi connectivity index (χ3n) is 2.05. The van der Waals surface area contributed by atoms with E-state index in [1.165, 1.54) is 0 Å². The van der Waals surface area contributed by atoms with Crippen molar-refractivity contribution >= 4 is 18.5 Å². The van der Waals surface area contributed by atoms with Gasteiger partial charge in [-0.25, -0.2) is 0 Å². The van der Waals surface area contributed by atoms with E-state index < -0.39 is 7.30 Å². The van der Waals surface area contributed by atoms with E-state index in [1.807, 2.05) is 6.92 Å². The first-order chi connectivity index (χ1) is 4.97. The molecule has 0 bridgehead atoms. The fourth-order valence-electron chi connectivity index (χ4n) is 0.814. The van der Waals surface area contributed by atoms with E-state index in [0.29, 0.717) is 13.2 Å². The molecule has 1 aliphatic heterocycles. The summed E-state index contributed by atoms with van der Waals surface area (Å²) in [6.45, 7) is 5.10. The SMILES string of the molecule is CCC1(C)CO[PH](O)(Cl)OC1. The molecule has 1 heterocycles. The van der Waals surface area contributed by atoms with Gasteiger partial charge in [-0.3, -0.25) is 0 Å². The van der Waals surface area contributed by atoms with Gasteiger partial charge in [0.1, 0.15) is 0 Å². The predicted octanol–water partition coefficient (Wildman–Crippen LogP) is 2.09. The minimum atomic E-state index is -3.22. The Bertz CT molecular complexity index is 141. The van der Waals surface area contributed by atoms with E-state index >= 15 is 0 Å². The van der Waals surface area contributed by atoms with Crippen molar-refractivity contribution in [2.24, 2.45) is 5.41 Å². The summed E-state index contributed by atoms with van der Waals surface area (Å²) >= 11 is 5.51. The summed E-state index contributed by atoms with van der Waals surface area (Å²) in [6.07, 6.45) is 0.967. The van der Waals surface area contributed by atoms with Crippen LogP contribution in [0.4, 0.5) is 0 Å². The molecule has 11 heavy (non-hydrogen) atoms. The Hall–Kier alpha value is 0.600. The second kappa shape index (κ2) is 3.15. The number of hydrogen-bond donors (Lipinski definition) is 1. The Labute approximate surface area is 72.0 Å². The van der Waals surface area contributed by atoms with Gasteiger partial charge in [0.05, 0.1) is 0 Å². The fraction of sp³-hybridized carbons (Fsp3) is 1.00. The molecule has 68 valence electrons. The average molecular weight is 201 g/mol. The maximum absolute atomic E-state index is 9.16. The van der Waals surface area contributed by atoms with Crippen LogP contribution in [-0.4, -0.2) is 18.1 Å². The molecule has 5 heteroatoms. The summed E-state index contributed by atoms with van der Waals surface area (Å²) in [7, 11) is -3.22. The van der Waals surface area contributed by atoms with E-state index in [0.717, 1.165) is 6.42 Å². The molecule has 1 rings (SSSR count). The standard InChI is InChI=1S/C6H14ClO3P/c1-3-6(2)4-9-11(7,8)10-5-6/h8,11H,3-5H2,1-2H3. The van der Waals surface area contributed by atoms with Gasteiger partial charge in [-0.2, -0.15) is 0 Å². The summed E-state index contributed by atoms with van der Waals surface area (Å²) in [6, 6.07) is 0. The molecule has 0 aliphatic carbocycles. The normalized spacial score (nSPS) is 40.0. The number of rotatable bonds is 1. The van der Waals surface area contributed by atoms with Crippen LogP contribution in [0.5, 0.6) is 0 Å². The van der Waals surface area contributed by atoms with Crippen molar-refractivity contribution in [3.05, 3.63) is 0 Å². The summed E-state index contributed by atoms with van der Waals surface area (Å²) in [5.74, 6) is 0. The van der Waals surface area contributed by atoms with Crippen molar-refractivity contribution in [3.63, 3.8) is 0 Å². The van der Waals surface area contributed by atoms with Crippen LogP contribution in [0.15, 0.2) is 0 Å². The number of hydrogen-bond acceptors (Lipinski definition) is 3. The van der Waals surface area contributed by atoms with Crippen LogP contribution < -0.4 is 0 Å². The Morgan fingerprint density at radius 1 is 1.55 bits per heavy atom. The van der Waals surface area contributed by atoms with Gasteiger partial charge in [0.25, 0.3) is 0 Å². The van der Waals surface area contributed by atoms with Gasteiger partial charge in [-0.05, 0) is 0 Å². The third kappa shape index (κ3) is 2.53. The molecule has 3 nitrogen and oxygen atoms in total. The van der Waals surface area contributed by atoms with Crippen LogP contribution in [0.3, 0.4) is 0 Å². The zero-order valence-corrected chi connectivity index (χ0v) is 8.52. The fourth-order valence-corrected chi connectivity index (χ4v) is 2.28. The van der Waals surface area contributed by atoms with Crippen molar-refractivity contribution in [3.8, 4) is 0 Å². The first-order valence-electron chi connectivity index (χ1n) is 3.67. The molecule has 0 aromatic heterocycles. The first kappa shape index (κ1) is 9.69. The predicted molar refractivity (Wildman–Crippen MR) is 46.7 cm³/mol.